The molecule has 2 aromatic carbocycles. The Morgan fingerprint density at radius 1 is 1.29 bits per heavy atom. The smallest absolute Gasteiger partial charge is 0.337 e. The average Bonchev–Trinajstić information content (AvgIpc) is 2.49. The highest BCUT2D eigenvalue weighted by Crippen LogP contribution is 2.31. The lowest BCUT2D eigenvalue weighted by atomic mass is 10.1. The van der Waals surface area contributed by atoms with E-state index < -0.39 is 11.8 Å². The fourth-order valence-corrected chi connectivity index (χ4v) is 2.38. The summed E-state index contributed by atoms with van der Waals surface area (Å²) in [6, 6.07) is 9.42. The van der Waals surface area contributed by atoms with Gasteiger partial charge in [-0.2, -0.15) is 0 Å². The molecule has 6 heteroatoms. The van der Waals surface area contributed by atoms with E-state index >= 15 is 0 Å². The fourth-order valence-electron chi connectivity index (χ4n) is 1.63. The molecule has 0 heterocycles. The van der Waals surface area contributed by atoms with Gasteiger partial charge in [0.25, 0.3) is 0 Å². The van der Waals surface area contributed by atoms with Crippen LogP contribution in [-0.2, 0) is 11.3 Å². The lowest BCUT2D eigenvalue weighted by molar-refractivity contribution is 0.0600. The van der Waals surface area contributed by atoms with E-state index in [9.17, 15) is 9.18 Å². The third kappa shape index (κ3) is 3.95. The van der Waals surface area contributed by atoms with E-state index in [0.717, 1.165) is 5.56 Å². The molecule has 0 spiro atoms. The van der Waals surface area contributed by atoms with Crippen molar-refractivity contribution in [3.05, 3.63) is 62.8 Å². The number of esters is 1. The van der Waals surface area contributed by atoms with Crippen molar-refractivity contribution in [1.82, 2.24) is 0 Å². The second-order valence-electron chi connectivity index (χ2n) is 4.17. The number of carbonyl (C=O) groups is 1. The van der Waals surface area contributed by atoms with E-state index in [-0.39, 0.29) is 11.6 Å². The normalized spacial score (nSPS) is 10.3. The van der Waals surface area contributed by atoms with Crippen LogP contribution in [0.2, 0.25) is 5.02 Å². The quantitative estimate of drug-likeness (QED) is 0.580. The summed E-state index contributed by atoms with van der Waals surface area (Å²) in [6.45, 7) is 0.237. The van der Waals surface area contributed by atoms with E-state index in [1.54, 1.807) is 24.3 Å². The Labute approximate surface area is 134 Å². The average molecular weight is 374 g/mol. The van der Waals surface area contributed by atoms with Gasteiger partial charge in [-0.3, -0.25) is 0 Å². The first-order valence-electron chi connectivity index (χ1n) is 5.96. The summed E-state index contributed by atoms with van der Waals surface area (Å²) in [7, 11) is 1.33. The Bertz CT molecular complexity index is 659. The standard InChI is InChI=1S/C15H11BrClFO3/c1-20-15(19)10-4-2-9(3-5-10)8-21-14-7-13(18)12(17)6-11(14)16/h2-7H,8H2,1H3. The van der Waals surface area contributed by atoms with Crippen LogP contribution in [0.4, 0.5) is 4.39 Å². The van der Waals surface area contributed by atoms with Crippen LogP contribution >= 0.6 is 27.5 Å². The first kappa shape index (κ1) is 15.8. The van der Waals surface area contributed by atoms with Gasteiger partial charge in [-0.15, -0.1) is 0 Å². The lowest BCUT2D eigenvalue weighted by Crippen LogP contribution is -2.02. The predicted molar refractivity (Wildman–Crippen MR) is 81.2 cm³/mol. The molecule has 2 rings (SSSR count). The number of hydrogen-bond acceptors (Lipinski definition) is 3. The molecule has 110 valence electrons. The molecular weight excluding hydrogens is 363 g/mol. The minimum atomic E-state index is -0.545. The third-order valence-electron chi connectivity index (χ3n) is 2.74. The Balaban J connectivity index is 2.06. The van der Waals surface area contributed by atoms with Crippen molar-refractivity contribution >= 4 is 33.5 Å². The van der Waals surface area contributed by atoms with Crippen molar-refractivity contribution in [3.63, 3.8) is 0 Å². The molecule has 3 nitrogen and oxygen atoms in total. The zero-order valence-corrected chi connectivity index (χ0v) is 13.4. The molecule has 0 amide bonds. The van der Waals surface area contributed by atoms with Gasteiger partial charge in [0.15, 0.2) is 0 Å². The summed E-state index contributed by atoms with van der Waals surface area (Å²) in [5.41, 5.74) is 1.30. The Morgan fingerprint density at radius 3 is 2.57 bits per heavy atom. The number of halogens is 3. The van der Waals surface area contributed by atoms with Gasteiger partial charge in [0.2, 0.25) is 0 Å². The summed E-state index contributed by atoms with van der Waals surface area (Å²) >= 11 is 8.92. The van der Waals surface area contributed by atoms with Crippen molar-refractivity contribution < 1.29 is 18.7 Å². The van der Waals surface area contributed by atoms with Gasteiger partial charge in [0, 0.05) is 6.07 Å². The fraction of sp³-hybridized carbons (Fsp3) is 0.133. The van der Waals surface area contributed by atoms with Crippen LogP contribution in [0.3, 0.4) is 0 Å². The minimum absolute atomic E-state index is 0.0247. The van der Waals surface area contributed by atoms with Gasteiger partial charge in [-0.05, 0) is 39.7 Å². The molecule has 0 N–H and O–H groups in total. The molecule has 0 bridgehead atoms. The summed E-state index contributed by atoms with van der Waals surface area (Å²) in [5.74, 6) is -0.588. The number of carbonyl (C=O) groups excluding carboxylic acids is 1. The molecule has 0 unspecified atom stereocenters. The molecule has 0 aliphatic heterocycles. The maximum absolute atomic E-state index is 13.4. The van der Waals surface area contributed by atoms with Crippen LogP contribution in [0, 0.1) is 5.82 Å². The molecule has 0 atom stereocenters. The highest BCUT2D eigenvalue weighted by molar-refractivity contribution is 9.10. The number of ether oxygens (including phenoxy) is 2. The zero-order chi connectivity index (χ0) is 15.4. The molecule has 21 heavy (non-hydrogen) atoms. The predicted octanol–water partition coefficient (Wildman–Crippen LogP) is 4.61. The SMILES string of the molecule is COC(=O)c1ccc(COc2cc(F)c(Cl)cc2Br)cc1. The molecule has 0 fully saturated rings. The first-order chi connectivity index (χ1) is 10.0. The highest BCUT2D eigenvalue weighted by atomic mass is 79.9. The van der Waals surface area contributed by atoms with Gasteiger partial charge in [-0.1, -0.05) is 23.7 Å². The van der Waals surface area contributed by atoms with E-state index in [0.29, 0.717) is 15.8 Å². The summed E-state index contributed by atoms with van der Waals surface area (Å²) in [4.78, 5) is 11.3. The molecule has 0 aliphatic rings. The number of hydrogen-bond donors (Lipinski definition) is 0. The van der Waals surface area contributed by atoms with Crippen LogP contribution in [0.1, 0.15) is 15.9 Å². The highest BCUT2D eigenvalue weighted by Gasteiger charge is 2.09. The van der Waals surface area contributed by atoms with E-state index in [1.165, 1.54) is 19.2 Å². The molecular formula is C15H11BrClFO3. The molecule has 2 aromatic rings. The second-order valence-corrected chi connectivity index (χ2v) is 5.44. The second kappa shape index (κ2) is 6.91. The monoisotopic (exact) mass is 372 g/mol. The molecule has 0 saturated carbocycles. The molecule has 0 radical (unpaired) electrons. The van der Waals surface area contributed by atoms with Crippen molar-refractivity contribution in [1.29, 1.82) is 0 Å². The summed E-state index contributed by atoms with van der Waals surface area (Å²) in [6.07, 6.45) is 0. The van der Waals surface area contributed by atoms with E-state index in [1.807, 2.05) is 0 Å². The van der Waals surface area contributed by atoms with Crippen molar-refractivity contribution in [2.75, 3.05) is 7.11 Å². The maximum atomic E-state index is 13.4. The first-order valence-corrected chi connectivity index (χ1v) is 7.13. The number of rotatable bonds is 4. The van der Waals surface area contributed by atoms with E-state index in [4.69, 9.17) is 16.3 Å². The van der Waals surface area contributed by atoms with Crippen molar-refractivity contribution in [2.45, 2.75) is 6.61 Å². The van der Waals surface area contributed by atoms with Gasteiger partial charge < -0.3 is 9.47 Å². The third-order valence-corrected chi connectivity index (χ3v) is 3.65. The Hall–Kier alpha value is -1.59. The minimum Gasteiger partial charge on any atom is -0.488 e. The van der Waals surface area contributed by atoms with Gasteiger partial charge in [-0.25, -0.2) is 9.18 Å². The van der Waals surface area contributed by atoms with Crippen LogP contribution in [0.5, 0.6) is 5.75 Å². The number of benzene rings is 2. The maximum Gasteiger partial charge on any atom is 0.337 e. The van der Waals surface area contributed by atoms with Crippen molar-refractivity contribution in [2.24, 2.45) is 0 Å². The van der Waals surface area contributed by atoms with Crippen LogP contribution in [0.25, 0.3) is 0 Å². The molecule has 0 aromatic heterocycles. The van der Waals surface area contributed by atoms with Gasteiger partial charge >= 0.3 is 5.97 Å². The summed E-state index contributed by atoms with van der Waals surface area (Å²) < 4.78 is 24.1. The largest absolute Gasteiger partial charge is 0.488 e. The molecule has 0 aliphatic carbocycles. The zero-order valence-electron chi connectivity index (χ0n) is 11.0. The summed E-state index contributed by atoms with van der Waals surface area (Å²) in [5, 5.41) is 0.0247. The van der Waals surface area contributed by atoms with Crippen LogP contribution in [-0.4, -0.2) is 13.1 Å². The van der Waals surface area contributed by atoms with Gasteiger partial charge in [0.1, 0.15) is 18.2 Å². The topological polar surface area (TPSA) is 35.5 Å². The number of methoxy groups -OCH3 is 1. The Kier molecular flexibility index (Phi) is 5.20. The Morgan fingerprint density at radius 2 is 1.95 bits per heavy atom. The molecule has 0 saturated heterocycles. The van der Waals surface area contributed by atoms with Crippen molar-refractivity contribution in [3.8, 4) is 5.75 Å². The van der Waals surface area contributed by atoms with Crippen LogP contribution in [0.15, 0.2) is 40.9 Å². The van der Waals surface area contributed by atoms with Crippen LogP contribution < -0.4 is 4.74 Å². The van der Waals surface area contributed by atoms with Gasteiger partial charge in [0.05, 0.1) is 22.2 Å². The van der Waals surface area contributed by atoms with E-state index in [2.05, 4.69) is 20.7 Å². The lowest BCUT2D eigenvalue weighted by Gasteiger charge is -2.09.